The van der Waals surface area contributed by atoms with Crippen LogP contribution in [0.1, 0.15) is 8.56 Å². The predicted octanol–water partition coefficient (Wildman–Crippen LogP) is -5.51. The van der Waals surface area contributed by atoms with Gasteiger partial charge in [-0.2, -0.15) is 0 Å². The maximum atomic E-state index is 10.4. The van der Waals surface area contributed by atoms with Crippen LogP contribution in [0.4, 0.5) is 4.79 Å². The molecule has 9 heteroatoms. The van der Waals surface area contributed by atoms with E-state index in [1.54, 1.807) is 0 Å². The van der Waals surface area contributed by atoms with Gasteiger partial charge in [0.1, 0.15) is 0 Å². The molecular weight excluding hydrogens is 290 g/mol. The van der Waals surface area contributed by atoms with Crippen LogP contribution in [0.2, 0.25) is 0 Å². The van der Waals surface area contributed by atoms with Crippen LogP contribution in [0.3, 0.4) is 0 Å². The number of carbonyl (C=O) groups excluding carboxylic acids is 3. The molecule has 0 saturated heterocycles. The molecule has 0 N–H and O–H groups in total. The first-order chi connectivity index (χ1) is 5.60. The summed E-state index contributed by atoms with van der Waals surface area (Å²) in [6, 6.07) is 0. The summed E-state index contributed by atoms with van der Waals surface area (Å²) in [6.45, 7) is 6.05. The van der Waals surface area contributed by atoms with Crippen molar-refractivity contribution in [2.45, 2.75) is 0 Å². The minimum absolute atomic E-state index is 0. The summed E-state index contributed by atoms with van der Waals surface area (Å²) in [6.07, 6.45) is 0.129. The van der Waals surface area contributed by atoms with E-state index in [2.05, 4.69) is 22.6 Å². The van der Waals surface area contributed by atoms with Crippen molar-refractivity contribution in [3.63, 3.8) is 0 Å². The van der Waals surface area contributed by atoms with Crippen molar-refractivity contribution < 1.29 is 91.5 Å². The minimum Gasteiger partial charge on any atom is -1.00 e. The summed E-state index contributed by atoms with van der Waals surface area (Å²) in [5, 5.41) is 0. The Balaban J connectivity index is -0.0000000134. The number of hydrogen-bond donors (Lipinski definition) is 0. The Kier molecular flexibility index (Phi) is 38.8. The molecule has 0 aliphatic heterocycles. The number of ether oxygens (including phenoxy) is 2. The zero-order valence-corrected chi connectivity index (χ0v) is 17.9. The number of hydrogen-bond acceptors (Lipinski definition) is 5. The Labute approximate surface area is 206 Å². The molecule has 0 saturated carbocycles. The average molecular weight is 302 g/mol. The number of carbonyl (C=O) groups is 3. The fraction of sp³-hybridized carbons (Fsp3) is 0. The van der Waals surface area contributed by atoms with Crippen LogP contribution >= 0.6 is 0 Å². The van der Waals surface area contributed by atoms with Crippen LogP contribution < -0.4 is 59.1 Å². The summed E-state index contributed by atoms with van der Waals surface area (Å²) in [4.78, 5) is 31.0. The van der Waals surface area contributed by atoms with E-state index in [9.17, 15) is 14.4 Å². The molecule has 0 aromatic heterocycles. The fourth-order valence-corrected chi connectivity index (χ4v) is 0.268. The quantitative estimate of drug-likeness (QED) is 0.220. The van der Waals surface area contributed by atoms with Gasteiger partial charge in [0.15, 0.2) is 0 Å². The molecule has 16 heavy (non-hydrogen) atoms. The maximum Gasteiger partial charge on any atom is 2.00 e. The van der Waals surface area contributed by atoms with Gasteiger partial charge in [-0.25, -0.2) is 14.4 Å². The second kappa shape index (κ2) is 19.9. The van der Waals surface area contributed by atoms with Gasteiger partial charge >= 0.3 is 153 Å². The van der Waals surface area contributed by atoms with Crippen molar-refractivity contribution in [3.8, 4) is 0 Å². The third-order valence-corrected chi connectivity index (χ3v) is 0.701. The molecule has 0 radical (unpaired) electrons. The van der Waals surface area contributed by atoms with E-state index in [1.807, 2.05) is 0 Å². The van der Waals surface area contributed by atoms with Crippen molar-refractivity contribution >= 4 is 93.6 Å². The van der Waals surface area contributed by atoms with Gasteiger partial charge in [0.25, 0.3) is 0 Å². The molecule has 0 aromatic carbocycles. The maximum absolute atomic E-state index is 10.4. The molecule has 76 valence electrons. The van der Waals surface area contributed by atoms with E-state index in [0.29, 0.717) is 0 Å². The van der Waals surface area contributed by atoms with Gasteiger partial charge in [-0.15, -0.1) is 0 Å². The topological polar surface area (TPSA) is 69.7 Å². The Bertz CT molecular complexity index is 252. The molecule has 0 aliphatic carbocycles. The molecule has 0 fully saturated rings. The van der Waals surface area contributed by atoms with E-state index in [1.165, 1.54) is 0 Å². The molecule has 0 aromatic rings. The van der Waals surface area contributed by atoms with Crippen LogP contribution in [0.15, 0.2) is 25.3 Å². The van der Waals surface area contributed by atoms with Gasteiger partial charge in [-0.3, -0.25) is 0 Å². The van der Waals surface area contributed by atoms with Gasteiger partial charge in [0.05, 0.1) is 0 Å². The van der Waals surface area contributed by atoms with E-state index >= 15 is 0 Å². The second-order valence-electron chi connectivity index (χ2n) is 1.50. The van der Waals surface area contributed by atoms with Crippen molar-refractivity contribution in [3.05, 3.63) is 25.3 Å². The van der Waals surface area contributed by atoms with Crippen LogP contribution in [0, 0.1) is 0 Å². The molecule has 0 unspecified atom stereocenters. The smallest absolute Gasteiger partial charge is 1.00 e. The number of rotatable bonds is 2. The first kappa shape index (κ1) is 31.2. The second-order valence-corrected chi connectivity index (χ2v) is 1.50. The van der Waals surface area contributed by atoms with Crippen LogP contribution in [-0.4, -0.2) is 93.6 Å². The first-order valence-corrected chi connectivity index (χ1v) is 2.82. The summed E-state index contributed by atoms with van der Waals surface area (Å²) in [5.74, 6) is -1.98. The molecule has 0 bridgehead atoms. The largest absolute Gasteiger partial charge is 2.00 e. The monoisotopic (exact) mass is 302 g/mol. The average Bonchev–Trinajstić information content (AvgIpc) is 2.03. The zero-order chi connectivity index (χ0) is 9.56. The third-order valence-electron chi connectivity index (χ3n) is 0.701. The summed E-state index contributed by atoms with van der Waals surface area (Å²) in [7, 11) is 0. The van der Waals surface area contributed by atoms with Gasteiger partial charge in [-0.05, 0) is 0 Å². The van der Waals surface area contributed by atoms with Crippen molar-refractivity contribution in [2.24, 2.45) is 0 Å². The Morgan fingerprint density at radius 1 is 0.875 bits per heavy atom. The SMILES string of the molecule is C=CC(=O)OC(=O)OC(=O)C=C.[Ca+2].[Ca+2].[H-].[H-].[H-].[H-].[H-].[H-].[Na+].[Na+]. The molecule has 5 nitrogen and oxygen atoms in total. The molecule has 0 spiro atoms. The Morgan fingerprint density at radius 3 is 1.31 bits per heavy atom. The van der Waals surface area contributed by atoms with Gasteiger partial charge in [0, 0.05) is 12.2 Å². The number of esters is 2. The summed E-state index contributed by atoms with van der Waals surface area (Å²) in [5.41, 5.74) is 0. The van der Waals surface area contributed by atoms with E-state index in [4.69, 9.17) is 0 Å². The first-order valence-electron chi connectivity index (χ1n) is 2.82. The van der Waals surface area contributed by atoms with Crippen molar-refractivity contribution in [1.82, 2.24) is 0 Å². The van der Waals surface area contributed by atoms with Crippen LogP contribution in [0.25, 0.3) is 0 Å². The summed E-state index contributed by atoms with van der Waals surface area (Å²) >= 11 is 0. The molecule has 0 atom stereocenters. The predicted molar refractivity (Wildman–Crippen MR) is 56.2 cm³/mol. The molecule has 0 aliphatic rings. The minimum atomic E-state index is -1.40. The fourth-order valence-electron chi connectivity index (χ4n) is 0.268. The van der Waals surface area contributed by atoms with E-state index < -0.39 is 18.1 Å². The molecule has 0 heterocycles. The third kappa shape index (κ3) is 19.0. The van der Waals surface area contributed by atoms with Gasteiger partial charge in [-0.1, -0.05) is 13.2 Å². The van der Waals surface area contributed by atoms with E-state index in [0.717, 1.165) is 12.2 Å². The zero-order valence-electron chi connectivity index (χ0n) is 15.5. The van der Waals surface area contributed by atoms with Gasteiger partial charge < -0.3 is 18.0 Å². The summed E-state index contributed by atoms with van der Waals surface area (Å²) < 4.78 is 7.77. The normalized spacial score (nSPS) is 6.00. The van der Waals surface area contributed by atoms with Crippen LogP contribution in [-0.2, 0) is 19.1 Å². The Hall–Kier alpha value is 2.61. The van der Waals surface area contributed by atoms with Crippen molar-refractivity contribution in [2.75, 3.05) is 0 Å². The van der Waals surface area contributed by atoms with Gasteiger partial charge in [0.2, 0.25) is 0 Å². The van der Waals surface area contributed by atoms with Crippen molar-refractivity contribution in [1.29, 1.82) is 0 Å². The van der Waals surface area contributed by atoms with Crippen LogP contribution in [0.5, 0.6) is 0 Å². The standard InChI is InChI=1S/C7H6O5.2Ca.2Na.6H/c1-3-5(8)11-7(10)12-6(9)4-2;;;;;;;;;;/h3-4H,1-2H2;;;;;;;;;;/q;2*+2;2*+1;6*-1. The molecule has 0 rings (SSSR count). The molecular formula is C7H12Ca2Na2O5. The van der Waals surface area contributed by atoms with E-state index in [-0.39, 0.29) is 143 Å². The Morgan fingerprint density at radius 2 is 1.12 bits per heavy atom. The molecule has 0 amide bonds.